The molecular weight excluding hydrogens is 284 g/mol. The van der Waals surface area contributed by atoms with Crippen molar-refractivity contribution in [2.24, 2.45) is 5.92 Å². The minimum atomic E-state index is 0.288. The summed E-state index contributed by atoms with van der Waals surface area (Å²) in [5, 5.41) is 0. The Morgan fingerprint density at radius 3 is 2.61 bits per heavy atom. The van der Waals surface area contributed by atoms with Crippen LogP contribution in [0.3, 0.4) is 0 Å². The van der Waals surface area contributed by atoms with Crippen molar-refractivity contribution in [2.75, 3.05) is 24.5 Å². The standard InChI is InChI=1S/C20H28N2O/c1-15-5-4-11-21(15)14-17-13-19(17)16-7-9-18(10-8-16)22-12-3-2-6-20(22)23/h7-10,15,17,19H,2-6,11-14H2,1H3/t15-,17+,19+/m0/s1. The number of carbonyl (C=O) groups excluding carboxylic acids is 1. The van der Waals surface area contributed by atoms with Crippen LogP contribution in [-0.2, 0) is 4.79 Å². The van der Waals surface area contributed by atoms with Gasteiger partial charge in [-0.05, 0) is 75.1 Å². The second-order valence-electron chi connectivity index (χ2n) is 7.68. The smallest absolute Gasteiger partial charge is 0.226 e. The van der Waals surface area contributed by atoms with E-state index in [2.05, 4.69) is 36.1 Å². The van der Waals surface area contributed by atoms with Gasteiger partial charge in [-0.3, -0.25) is 4.79 Å². The molecule has 1 aromatic rings. The van der Waals surface area contributed by atoms with Crippen molar-refractivity contribution < 1.29 is 4.79 Å². The molecule has 124 valence electrons. The van der Waals surface area contributed by atoms with Crippen molar-refractivity contribution in [1.82, 2.24) is 4.90 Å². The zero-order valence-corrected chi connectivity index (χ0v) is 14.2. The summed E-state index contributed by atoms with van der Waals surface area (Å²) in [6.45, 7) is 5.82. The molecule has 4 rings (SSSR count). The van der Waals surface area contributed by atoms with E-state index in [0.717, 1.165) is 43.0 Å². The van der Waals surface area contributed by atoms with E-state index >= 15 is 0 Å². The minimum absolute atomic E-state index is 0.288. The lowest BCUT2D eigenvalue weighted by Gasteiger charge is -2.27. The number of piperidine rings is 1. The van der Waals surface area contributed by atoms with Crippen LogP contribution in [-0.4, -0.2) is 36.5 Å². The molecule has 1 amide bonds. The number of amides is 1. The van der Waals surface area contributed by atoms with E-state index in [1.807, 2.05) is 4.90 Å². The van der Waals surface area contributed by atoms with E-state index in [-0.39, 0.29) is 5.91 Å². The van der Waals surface area contributed by atoms with Gasteiger partial charge >= 0.3 is 0 Å². The van der Waals surface area contributed by atoms with Crippen LogP contribution in [0.2, 0.25) is 0 Å². The summed E-state index contributed by atoms with van der Waals surface area (Å²) in [7, 11) is 0. The maximum Gasteiger partial charge on any atom is 0.226 e. The Hall–Kier alpha value is -1.35. The number of benzene rings is 1. The number of likely N-dealkylation sites (tertiary alicyclic amines) is 1. The highest BCUT2D eigenvalue weighted by atomic mass is 16.2. The van der Waals surface area contributed by atoms with Crippen molar-refractivity contribution in [3.8, 4) is 0 Å². The summed E-state index contributed by atoms with van der Waals surface area (Å²) in [4.78, 5) is 16.7. The Labute approximate surface area is 139 Å². The summed E-state index contributed by atoms with van der Waals surface area (Å²) < 4.78 is 0. The van der Waals surface area contributed by atoms with Gasteiger partial charge in [0.05, 0.1) is 0 Å². The first-order valence-electron chi connectivity index (χ1n) is 9.37. The lowest BCUT2D eigenvalue weighted by atomic mass is 10.1. The molecule has 0 bridgehead atoms. The van der Waals surface area contributed by atoms with E-state index in [1.54, 1.807) is 0 Å². The highest BCUT2D eigenvalue weighted by Gasteiger charge is 2.40. The molecule has 3 heteroatoms. The molecule has 2 aliphatic heterocycles. The Bertz CT molecular complexity index is 568. The van der Waals surface area contributed by atoms with E-state index in [9.17, 15) is 4.79 Å². The molecule has 0 unspecified atom stereocenters. The fourth-order valence-corrected chi connectivity index (χ4v) is 4.40. The van der Waals surface area contributed by atoms with Crippen molar-refractivity contribution in [3.05, 3.63) is 29.8 Å². The zero-order chi connectivity index (χ0) is 15.8. The number of hydrogen-bond acceptors (Lipinski definition) is 2. The molecule has 3 aliphatic rings. The van der Waals surface area contributed by atoms with Crippen molar-refractivity contribution in [1.29, 1.82) is 0 Å². The van der Waals surface area contributed by atoms with Gasteiger partial charge in [-0.15, -0.1) is 0 Å². The first-order chi connectivity index (χ1) is 11.2. The van der Waals surface area contributed by atoms with Crippen LogP contribution in [0.25, 0.3) is 0 Å². The summed E-state index contributed by atoms with van der Waals surface area (Å²) in [5.74, 6) is 1.88. The maximum absolute atomic E-state index is 12.0. The van der Waals surface area contributed by atoms with Crippen LogP contribution in [0.1, 0.15) is 56.9 Å². The summed E-state index contributed by atoms with van der Waals surface area (Å²) >= 11 is 0. The predicted molar refractivity (Wildman–Crippen MR) is 93.8 cm³/mol. The first-order valence-corrected chi connectivity index (χ1v) is 9.37. The van der Waals surface area contributed by atoms with Crippen LogP contribution >= 0.6 is 0 Å². The Balaban J connectivity index is 1.36. The van der Waals surface area contributed by atoms with Crippen LogP contribution < -0.4 is 4.90 Å². The van der Waals surface area contributed by atoms with Crippen LogP contribution in [0, 0.1) is 5.92 Å². The second kappa shape index (κ2) is 6.27. The largest absolute Gasteiger partial charge is 0.312 e. The quantitative estimate of drug-likeness (QED) is 0.844. The third-order valence-electron chi connectivity index (χ3n) is 6.04. The van der Waals surface area contributed by atoms with Crippen molar-refractivity contribution >= 4 is 11.6 Å². The SMILES string of the molecule is C[C@H]1CCCN1C[C@H]1C[C@@H]1c1ccc(N2CCCCC2=O)cc1. The number of hydrogen-bond donors (Lipinski definition) is 0. The molecule has 2 heterocycles. The lowest BCUT2D eigenvalue weighted by molar-refractivity contribution is -0.119. The third-order valence-corrected chi connectivity index (χ3v) is 6.04. The Morgan fingerprint density at radius 1 is 1.09 bits per heavy atom. The third kappa shape index (κ3) is 3.16. The molecular formula is C20H28N2O. The van der Waals surface area contributed by atoms with E-state index < -0.39 is 0 Å². The number of nitrogens with zero attached hydrogens (tertiary/aromatic N) is 2. The molecule has 1 saturated carbocycles. The first kappa shape index (κ1) is 15.2. The monoisotopic (exact) mass is 312 g/mol. The summed E-state index contributed by atoms with van der Waals surface area (Å²) in [5.41, 5.74) is 2.55. The fourth-order valence-electron chi connectivity index (χ4n) is 4.40. The molecule has 2 saturated heterocycles. The van der Waals surface area contributed by atoms with Gasteiger partial charge < -0.3 is 9.80 Å². The zero-order valence-electron chi connectivity index (χ0n) is 14.2. The van der Waals surface area contributed by atoms with Crippen LogP contribution in [0.5, 0.6) is 0 Å². The predicted octanol–water partition coefficient (Wildman–Crippen LogP) is 3.79. The number of rotatable bonds is 4. The van der Waals surface area contributed by atoms with Gasteiger partial charge in [0.2, 0.25) is 5.91 Å². The van der Waals surface area contributed by atoms with Crippen LogP contribution in [0.15, 0.2) is 24.3 Å². The summed E-state index contributed by atoms with van der Waals surface area (Å²) in [6, 6.07) is 9.62. The Morgan fingerprint density at radius 2 is 1.91 bits per heavy atom. The normalized spacial score (nSPS) is 31.6. The highest BCUT2D eigenvalue weighted by Crippen LogP contribution is 2.48. The van der Waals surface area contributed by atoms with Gasteiger partial charge in [0.1, 0.15) is 0 Å². The van der Waals surface area contributed by atoms with Gasteiger partial charge in [-0.25, -0.2) is 0 Å². The van der Waals surface area contributed by atoms with Gasteiger partial charge in [0.15, 0.2) is 0 Å². The van der Waals surface area contributed by atoms with Crippen molar-refractivity contribution in [3.63, 3.8) is 0 Å². The molecule has 3 nitrogen and oxygen atoms in total. The molecule has 3 fully saturated rings. The summed E-state index contributed by atoms with van der Waals surface area (Å²) in [6.07, 6.45) is 6.97. The topological polar surface area (TPSA) is 23.6 Å². The van der Waals surface area contributed by atoms with Gasteiger partial charge in [-0.2, -0.15) is 0 Å². The second-order valence-corrected chi connectivity index (χ2v) is 7.68. The minimum Gasteiger partial charge on any atom is -0.312 e. The molecule has 0 N–H and O–H groups in total. The molecule has 0 radical (unpaired) electrons. The van der Waals surface area contributed by atoms with E-state index in [0.29, 0.717) is 6.42 Å². The lowest BCUT2D eigenvalue weighted by Crippen LogP contribution is -2.35. The van der Waals surface area contributed by atoms with Crippen LogP contribution in [0.4, 0.5) is 5.69 Å². The van der Waals surface area contributed by atoms with Gasteiger partial charge in [0, 0.05) is 31.2 Å². The van der Waals surface area contributed by atoms with Gasteiger partial charge in [-0.1, -0.05) is 12.1 Å². The molecule has 23 heavy (non-hydrogen) atoms. The number of anilines is 1. The molecule has 0 spiro atoms. The van der Waals surface area contributed by atoms with E-state index in [4.69, 9.17) is 0 Å². The molecule has 1 aromatic carbocycles. The number of carbonyl (C=O) groups is 1. The molecule has 3 atom stereocenters. The van der Waals surface area contributed by atoms with E-state index in [1.165, 1.54) is 37.9 Å². The molecule has 0 aromatic heterocycles. The highest BCUT2D eigenvalue weighted by molar-refractivity contribution is 5.93. The Kier molecular flexibility index (Phi) is 4.14. The fraction of sp³-hybridized carbons (Fsp3) is 0.650. The van der Waals surface area contributed by atoms with Crippen molar-refractivity contribution in [2.45, 2.75) is 57.4 Å². The maximum atomic E-state index is 12.0. The molecule has 1 aliphatic carbocycles. The average Bonchev–Trinajstić information content (AvgIpc) is 3.22. The van der Waals surface area contributed by atoms with Gasteiger partial charge in [0.25, 0.3) is 0 Å². The average molecular weight is 312 g/mol.